The maximum absolute atomic E-state index is 12.0. The standard InChI is InChI=1S/C19H23N3O3/c1-14(23)22(2)18-10-8-17(9-11-18)21-19(24)20-12-15-4-6-16(7-5-15)13-25-3/h4-11H,12-13H2,1-3H3,(H2,20,21,24). The van der Waals surface area contributed by atoms with E-state index in [-0.39, 0.29) is 11.9 Å². The maximum atomic E-state index is 12.0. The van der Waals surface area contributed by atoms with E-state index in [1.54, 1.807) is 38.4 Å². The van der Waals surface area contributed by atoms with E-state index >= 15 is 0 Å². The minimum Gasteiger partial charge on any atom is -0.380 e. The van der Waals surface area contributed by atoms with Crippen molar-refractivity contribution in [1.82, 2.24) is 5.32 Å². The molecule has 0 heterocycles. The van der Waals surface area contributed by atoms with E-state index in [0.717, 1.165) is 16.8 Å². The molecule has 6 nitrogen and oxygen atoms in total. The third-order valence-electron chi connectivity index (χ3n) is 3.77. The Morgan fingerprint density at radius 2 is 1.60 bits per heavy atom. The van der Waals surface area contributed by atoms with E-state index in [1.165, 1.54) is 11.8 Å². The number of ether oxygens (including phenoxy) is 1. The first kappa shape index (κ1) is 18.5. The maximum Gasteiger partial charge on any atom is 0.319 e. The first-order chi connectivity index (χ1) is 12.0. The number of anilines is 2. The second kappa shape index (κ2) is 8.84. The van der Waals surface area contributed by atoms with Gasteiger partial charge in [0.15, 0.2) is 0 Å². The van der Waals surface area contributed by atoms with Crippen LogP contribution in [0.5, 0.6) is 0 Å². The molecule has 2 aromatic carbocycles. The molecule has 0 unspecified atom stereocenters. The Morgan fingerprint density at radius 1 is 1.00 bits per heavy atom. The zero-order valence-corrected chi connectivity index (χ0v) is 14.7. The number of carbonyl (C=O) groups is 2. The van der Waals surface area contributed by atoms with E-state index in [2.05, 4.69) is 10.6 Å². The van der Waals surface area contributed by atoms with Gasteiger partial charge in [0, 0.05) is 39.0 Å². The molecule has 0 saturated carbocycles. The van der Waals surface area contributed by atoms with Crippen molar-refractivity contribution in [3.63, 3.8) is 0 Å². The minimum absolute atomic E-state index is 0.0463. The molecule has 0 radical (unpaired) electrons. The van der Waals surface area contributed by atoms with Gasteiger partial charge in [0.2, 0.25) is 5.91 Å². The van der Waals surface area contributed by atoms with Gasteiger partial charge in [-0.25, -0.2) is 4.79 Å². The van der Waals surface area contributed by atoms with Crippen LogP contribution in [-0.4, -0.2) is 26.1 Å². The van der Waals surface area contributed by atoms with Crippen molar-refractivity contribution < 1.29 is 14.3 Å². The summed E-state index contributed by atoms with van der Waals surface area (Å²) in [6.45, 7) is 2.51. The number of carbonyl (C=O) groups excluding carboxylic acids is 2. The van der Waals surface area contributed by atoms with Gasteiger partial charge in [-0.05, 0) is 35.4 Å². The van der Waals surface area contributed by atoms with Crippen molar-refractivity contribution in [1.29, 1.82) is 0 Å². The number of hydrogen-bond acceptors (Lipinski definition) is 3. The van der Waals surface area contributed by atoms with Crippen LogP contribution in [0.25, 0.3) is 0 Å². The van der Waals surface area contributed by atoms with Gasteiger partial charge < -0.3 is 20.3 Å². The summed E-state index contributed by atoms with van der Waals surface area (Å²) in [5.41, 5.74) is 3.53. The van der Waals surface area contributed by atoms with Gasteiger partial charge in [-0.3, -0.25) is 4.79 Å². The molecule has 132 valence electrons. The molecule has 0 aromatic heterocycles. The average molecular weight is 341 g/mol. The van der Waals surface area contributed by atoms with Gasteiger partial charge in [0.1, 0.15) is 0 Å². The molecule has 2 N–H and O–H groups in total. The third-order valence-corrected chi connectivity index (χ3v) is 3.77. The lowest BCUT2D eigenvalue weighted by Gasteiger charge is -2.15. The zero-order valence-electron chi connectivity index (χ0n) is 14.7. The molecule has 0 aliphatic rings. The predicted molar refractivity (Wildman–Crippen MR) is 98.5 cm³/mol. The fraction of sp³-hybridized carbons (Fsp3) is 0.263. The van der Waals surface area contributed by atoms with Crippen LogP contribution >= 0.6 is 0 Å². The van der Waals surface area contributed by atoms with Gasteiger partial charge in [-0.1, -0.05) is 24.3 Å². The fourth-order valence-electron chi connectivity index (χ4n) is 2.23. The molecule has 0 saturated heterocycles. The topological polar surface area (TPSA) is 70.7 Å². The lowest BCUT2D eigenvalue weighted by atomic mass is 10.1. The Bertz CT molecular complexity index is 712. The molecule has 0 aliphatic heterocycles. The summed E-state index contributed by atoms with van der Waals surface area (Å²) in [5, 5.41) is 5.57. The number of benzene rings is 2. The first-order valence-corrected chi connectivity index (χ1v) is 7.95. The number of methoxy groups -OCH3 is 1. The molecule has 6 heteroatoms. The lowest BCUT2D eigenvalue weighted by Crippen LogP contribution is -2.28. The smallest absolute Gasteiger partial charge is 0.319 e. The molecule has 2 rings (SSSR count). The van der Waals surface area contributed by atoms with Crippen LogP contribution in [0.4, 0.5) is 16.2 Å². The van der Waals surface area contributed by atoms with E-state index < -0.39 is 0 Å². The van der Waals surface area contributed by atoms with Crippen LogP contribution in [-0.2, 0) is 22.7 Å². The fourth-order valence-corrected chi connectivity index (χ4v) is 2.23. The Labute approximate surface area is 147 Å². The SMILES string of the molecule is COCc1ccc(CNC(=O)Nc2ccc(N(C)C(C)=O)cc2)cc1. The molecule has 0 bridgehead atoms. The largest absolute Gasteiger partial charge is 0.380 e. The number of nitrogens with one attached hydrogen (secondary N) is 2. The van der Waals surface area contributed by atoms with Crippen molar-refractivity contribution in [2.75, 3.05) is 24.4 Å². The van der Waals surface area contributed by atoms with Crippen molar-refractivity contribution in [3.8, 4) is 0 Å². The minimum atomic E-state index is -0.284. The normalized spacial score (nSPS) is 10.2. The zero-order chi connectivity index (χ0) is 18.2. The van der Waals surface area contributed by atoms with Crippen LogP contribution in [0.1, 0.15) is 18.1 Å². The monoisotopic (exact) mass is 341 g/mol. The van der Waals surface area contributed by atoms with Crippen molar-refractivity contribution in [3.05, 3.63) is 59.7 Å². The van der Waals surface area contributed by atoms with E-state index in [4.69, 9.17) is 4.74 Å². The Hall–Kier alpha value is -2.86. The highest BCUT2D eigenvalue weighted by Gasteiger charge is 2.06. The third kappa shape index (κ3) is 5.61. The van der Waals surface area contributed by atoms with E-state index in [9.17, 15) is 9.59 Å². The molecule has 0 fully saturated rings. The van der Waals surface area contributed by atoms with Gasteiger partial charge >= 0.3 is 6.03 Å². The van der Waals surface area contributed by atoms with Crippen LogP contribution in [0.3, 0.4) is 0 Å². The molecule has 0 aliphatic carbocycles. The summed E-state index contributed by atoms with van der Waals surface area (Å²) in [4.78, 5) is 24.8. The van der Waals surface area contributed by atoms with Crippen LogP contribution in [0.15, 0.2) is 48.5 Å². The van der Waals surface area contributed by atoms with E-state index in [0.29, 0.717) is 18.8 Å². The second-order valence-corrected chi connectivity index (χ2v) is 5.68. The van der Waals surface area contributed by atoms with Gasteiger partial charge in [-0.15, -0.1) is 0 Å². The average Bonchev–Trinajstić information content (AvgIpc) is 2.61. The molecule has 25 heavy (non-hydrogen) atoms. The molecular weight excluding hydrogens is 318 g/mol. The number of amides is 3. The molecule has 0 atom stereocenters. The number of nitrogens with zero attached hydrogens (tertiary/aromatic N) is 1. The van der Waals surface area contributed by atoms with Crippen molar-refractivity contribution in [2.24, 2.45) is 0 Å². The quantitative estimate of drug-likeness (QED) is 0.848. The second-order valence-electron chi connectivity index (χ2n) is 5.68. The summed E-state index contributed by atoms with van der Waals surface area (Å²) in [6, 6.07) is 14.7. The molecule has 0 spiro atoms. The van der Waals surface area contributed by atoms with Crippen LogP contribution in [0.2, 0.25) is 0 Å². The van der Waals surface area contributed by atoms with Crippen LogP contribution < -0.4 is 15.5 Å². The highest BCUT2D eigenvalue weighted by molar-refractivity contribution is 5.92. The predicted octanol–water partition coefficient (Wildman–Crippen LogP) is 3.14. The number of rotatable bonds is 6. The van der Waals surface area contributed by atoms with Gasteiger partial charge in [0.25, 0.3) is 0 Å². The van der Waals surface area contributed by atoms with Crippen LogP contribution in [0, 0.1) is 0 Å². The van der Waals surface area contributed by atoms with Crippen molar-refractivity contribution >= 4 is 23.3 Å². The Morgan fingerprint density at radius 3 is 2.16 bits per heavy atom. The molecule has 2 aromatic rings. The van der Waals surface area contributed by atoms with Gasteiger partial charge in [-0.2, -0.15) is 0 Å². The summed E-state index contributed by atoms with van der Waals surface area (Å²) in [6.07, 6.45) is 0. The highest BCUT2D eigenvalue weighted by atomic mass is 16.5. The van der Waals surface area contributed by atoms with Crippen molar-refractivity contribution in [2.45, 2.75) is 20.1 Å². The molecule has 3 amide bonds. The summed E-state index contributed by atoms with van der Waals surface area (Å²) in [5.74, 6) is -0.0463. The summed E-state index contributed by atoms with van der Waals surface area (Å²) >= 11 is 0. The van der Waals surface area contributed by atoms with E-state index in [1.807, 2.05) is 24.3 Å². The highest BCUT2D eigenvalue weighted by Crippen LogP contribution is 2.16. The summed E-state index contributed by atoms with van der Waals surface area (Å²) in [7, 11) is 3.36. The Kier molecular flexibility index (Phi) is 6.54. The van der Waals surface area contributed by atoms with Gasteiger partial charge in [0.05, 0.1) is 6.61 Å². The molecular formula is C19H23N3O3. The first-order valence-electron chi connectivity index (χ1n) is 7.95. The number of urea groups is 1. The summed E-state index contributed by atoms with van der Waals surface area (Å²) < 4.78 is 5.07. The Balaban J connectivity index is 1.84. The lowest BCUT2D eigenvalue weighted by molar-refractivity contribution is -0.116. The number of hydrogen-bond donors (Lipinski definition) is 2.